The zero-order chi connectivity index (χ0) is 11.8. The summed E-state index contributed by atoms with van der Waals surface area (Å²) in [6.07, 6.45) is 1.60. The molecule has 1 N–H and O–H groups in total. The van der Waals surface area contributed by atoms with Crippen LogP contribution in [0.1, 0.15) is 38.3 Å². The van der Waals surface area contributed by atoms with E-state index in [1.807, 2.05) is 37.3 Å². The molecule has 1 aromatic rings. The van der Waals surface area contributed by atoms with Gasteiger partial charge in [-0.3, -0.25) is 0 Å². The SMILES string of the molecule is CCCCOC(=O)NC(C)c1ccccc1. The average Bonchev–Trinajstić information content (AvgIpc) is 2.30. The first-order valence-electron chi connectivity index (χ1n) is 5.72. The van der Waals surface area contributed by atoms with Crippen LogP contribution in [0.2, 0.25) is 0 Å². The highest BCUT2D eigenvalue weighted by Crippen LogP contribution is 2.10. The summed E-state index contributed by atoms with van der Waals surface area (Å²) in [5.41, 5.74) is 1.08. The second-order valence-corrected chi connectivity index (χ2v) is 3.77. The maximum Gasteiger partial charge on any atom is 0.407 e. The summed E-state index contributed by atoms with van der Waals surface area (Å²) in [5, 5.41) is 2.79. The molecule has 0 aliphatic rings. The predicted molar refractivity (Wildman–Crippen MR) is 64.2 cm³/mol. The molecule has 0 fully saturated rings. The lowest BCUT2D eigenvalue weighted by Crippen LogP contribution is -2.27. The monoisotopic (exact) mass is 221 g/mol. The summed E-state index contributed by atoms with van der Waals surface area (Å²) in [4.78, 5) is 11.4. The molecule has 16 heavy (non-hydrogen) atoms. The van der Waals surface area contributed by atoms with Gasteiger partial charge in [-0.05, 0) is 18.9 Å². The average molecular weight is 221 g/mol. The first-order valence-corrected chi connectivity index (χ1v) is 5.72. The normalized spacial score (nSPS) is 11.9. The van der Waals surface area contributed by atoms with Crippen molar-refractivity contribution < 1.29 is 9.53 Å². The molecule has 0 spiro atoms. The van der Waals surface area contributed by atoms with Gasteiger partial charge in [0.15, 0.2) is 0 Å². The van der Waals surface area contributed by atoms with Crippen molar-refractivity contribution in [2.45, 2.75) is 32.7 Å². The van der Waals surface area contributed by atoms with E-state index < -0.39 is 0 Å². The van der Waals surface area contributed by atoms with E-state index in [9.17, 15) is 4.79 Å². The molecular weight excluding hydrogens is 202 g/mol. The Bertz CT molecular complexity index is 311. The van der Waals surface area contributed by atoms with Crippen molar-refractivity contribution in [3.63, 3.8) is 0 Å². The summed E-state index contributed by atoms with van der Waals surface area (Å²) in [5.74, 6) is 0. The van der Waals surface area contributed by atoms with Crippen LogP contribution in [-0.2, 0) is 4.74 Å². The van der Waals surface area contributed by atoms with Gasteiger partial charge in [0.2, 0.25) is 0 Å². The minimum absolute atomic E-state index is 0.0182. The van der Waals surface area contributed by atoms with Gasteiger partial charge in [-0.15, -0.1) is 0 Å². The van der Waals surface area contributed by atoms with E-state index in [0.29, 0.717) is 6.61 Å². The third-order valence-electron chi connectivity index (χ3n) is 2.36. The Morgan fingerprint density at radius 1 is 1.38 bits per heavy atom. The van der Waals surface area contributed by atoms with E-state index in [1.54, 1.807) is 0 Å². The number of hydrogen-bond acceptors (Lipinski definition) is 2. The molecule has 0 aliphatic heterocycles. The number of nitrogens with one attached hydrogen (secondary N) is 1. The van der Waals surface area contributed by atoms with Crippen LogP contribution in [-0.4, -0.2) is 12.7 Å². The summed E-state index contributed by atoms with van der Waals surface area (Å²) in [6.45, 7) is 4.49. The van der Waals surface area contributed by atoms with Crippen LogP contribution in [0.15, 0.2) is 30.3 Å². The van der Waals surface area contributed by atoms with Gasteiger partial charge >= 0.3 is 6.09 Å². The van der Waals surface area contributed by atoms with Crippen LogP contribution >= 0.6 is 0 Å². The Hall–Kier alpha value is -1.51. The minimum atomic E-state index is -0.343. The van der Waals surface area contributed by atoms with Crippen molar-refractivity contribution >= 4 is 6.09 Å². The zero-order valence-electron chi connectivity index (χ0n) is 9.90. The number of carbonyl (C=O) groups excluding carboxylic acids is 1. The molecule has 1 aromatic carbocycles. The van der Waals surface area contributed by atoms with Crippen LogP contribution in [0.3, 0.4) is 0 Å². The minimum Gasteiger partial charge on any atom is -0.450 e. The Kier molecular flexibility index (Phi) is 5.40. The summed E-state index contributed by atoms with van der Waals surface area (Å²) < 4.78 is 5.02. The maximum atomic E-state index is 11.4. The number of amides is 1. The number of carbonyl (C=O) groups is 1. The quantitative estimate of drug-likeness (QED) is 0.775. The molecule has 1 unspecified atom stereocenters. The predicted octanol–water partition coefficient (Wildman–Crippen LogP) is 3.27. The number of unbranched alkanes of at least 4 members (excludes halogenated alkanes) is 1. The van der Waals surface area contributed by atoms with Gasteiger partial charge in [0, 0.05) is 0 Å². The molecule has 0 radical (unpaired) electrons. The number of benzene rings is 1. The lowest BCUT2D eigenvalue weighted by Gasteiger charge is -2.14. The molecule has 0 heterocycles. The molecule has 0 saturated heterocycles. The van der Waals surface area contributed by atoms with E-state index in [2.05, 4.69) is 12.2 Å². The fourth-order valence-electron chi connectivity index (χ4n) is 1.35. The summed E-state index contributed by atoms with van der Waals surface area (Å²) in [6, 6.07) is 9.81. The highest BCUT2D eigenvalue weighted by atomic mass is 16.5. The first-order chi connectivity index (χ1) is 7.74. The Morgan fingerprint density at radius 3 is 2.69 bits per heavy atom. The van der Waals surface area contributed by atoms with Crippen molar-refractivity contribution in [1.82, 2.24) is 5.32 Å². The van der Waals surface area contributed by atoms with Gasteiger partial charge in [0.25, 0.3) is 0 Å². The van der Waals surface area contributed by atoms with E-state index in [0.717, 1.165) is 18.4 Å². The largest absolute Gasteiger partial charge is 0.450 e. The van der Waals surface area contributed by atoms with Crippen LogP contribution in [0, 0.1) is 0 Å². The lowest BCUT2D eigenvalue weighted by atomic mass is 10.1. The number of hydrogen-bond donors (Lipinski definition) is 1. The zero-order valence-corrected chi connectivity index (χ0v) is 9.90. The molecule has 0 bridgehead atoms. The van der Waals surface area contributed by atoms with Gasteiger partial charge in [-0.2, -0.15) is 0 Å². The van der Waals surface area contributed by atoms with Gasteiger partial charge in [0.05, 0.1) is 12.6 Å². The smallest absolute Gasteiger partial charge is 0.407 e. The van der Waals surface area contributed by atoms with E-state index in [1.165, 1.54) is 0 Å². The fourth-order valence-corrected chi connectivity index (χ4v) is 1.35. The summed E-state index contributed by atoms with van der Waals surface area (Å²) in [7, 11) is 0. The van der Waals surface area contributed by atoms with E-state index in [4.69, 9.17) is 4.74 Å². The van der Waals surface area contributed by atoms with Crippen LogP contribution in [0.25, 0.3) is 0 Å². The molecule has 3 heteroatoms. The molecular formula is C13H19NO2. The van der Waals surface area contributed by atoms with Gasteiger partial charge in [0.1, 0.15) is 0 Å². The molecule has 0 aromatic heterocycles. The van der Waals surface area contributed by atoms with Crippen molar-refractivity contribution in [3.05, 3.63) is 35.9 Å². The highest BCUT2D eigenvalue weighted by molar-refractivity contribution is 5.67. The topological polar surface area (TPSA) is 38.3 Å². The Balaban J connectivity index is 2.34. The molecule has 0 saturated carbocycles. The molecule has 1 rings (SSSR count). The van der Waals surface area contributed by atoms with Crippen LogP contribution in [0.5, 0.6) is 0 Å². The molecule has 1 amide bonds. The standard InChI is InChI=1S/C13H19NO2/c1-3-4-10-16-13(15)14-11(2)12-8-6-5-7-9-12/h5-9,11H,3-4,10H2,1-2H3,(H,14,15). The third kappa shape index (κ3) is 4.34. The number of ether oxygens (including phenoxy) is 1. The van der Waals surface area contributed by atoms with Crippen LogP contribution < -0.4 is 5.32 Å². The number of alkyl carbamates (subject to hydrolysis) is 1. The van der Waals surface area contributed by atoms with Crippen LogP contribution in [0.4, 0.5) is 4.79 Å². The van der Waals surface area contributed by atoms with Crippen molar-refractivity contribution in [1.29, 1.82) is 0 Å². The fraction of sp³-hybridized carbons (Fsp3) is 0.462. The third-order valence-corrected chi connectivity index (χ3v) is 2.36. The Morgan fingerprint density at radius 2 is 2.06 bits per heavy atom. The number of rotatable bonds is 5. The molecule has 1 atom stereocenters. The second kappa shape index (κ2) is 6.88. The van der Waals surface area contributed by atoms with Crippen molar-refractivity contribution in [2.24, 2.45) is 0 Å². The van der Waals surface area contributed by atoms with Crippen molar-refractivity contribution in [3.8, 4) is 0 Å². The molecule has 88 valence electrons. The Labute approximate surface area is 96.8 Å². The first kappa shape index (κ1) is 12.6. The second-order valence-electron chi connectivity index (χ2n) is 3.77. The van der Waals surface area contributed by atoms with E-state index >= 15 is 0 Å². The van der Waals surface area contributed by atoms with Gasteiger partial charge in [-0.25, -0.2) is 4.79 Å². The van der Waals surface area contributed by atoms with E-state index in [-0.39, 0.29) is 12.1 Å². The van der Waals surface area contributed by atoms with Gasteiger partial charge in [-0.1, -0.05) is 43.7 Å². The molecule has 3 nitrogen and oxygen atoms in total. The maximum absolute atomic E-state index is 11.4. The molecule has 0 aliphatic carbocycles. The highest BCUT2D eigenvalue weighted by Gasteiger charge is 2.09. The van der Waals surface area contributed by atoms with Crippen molar-refractivity contribution in [2.75, 3.05) is 6.61 Å². The lowest BCUT2D eigenvalue weighted by molar-refractivity contribution is 0.141. The summed E-state index contributed by atoms with van der Waals surface area (Å²) >= 11 is 0. The van der Waals surface area contributed by atoms with Gasteiger partial charge < -0.3 is 10.1 Å².